The molecule has 0 bridgehead atoms. The molecule has 0 unspecified atom stereocenters. The molecular weight excluding hydrogens is 412 g/mol. The third-order valence-corrected chi connectivity index (χ3v) is 5.04. The fraction of sp³-hybridized carbons (Fsp3) is 0.300. The number of carbonyl (C=O) groups is 2. The fourth-order valence-corrected chi connectivity index (χ4v) is 3.33. The van der Waals surface area contributed by atoms with Gasteiger partial charge in [-0.05, 0) is 71.2 Å². The van der Waals surface area contributed by atoms with Crippen LogP contribution in [0.5, 0.6) is 5.75 Å². The molecule has 2 aromatic rings. The maximum absolute atomic E-state index is 12.2. The van der Waals surface area contributed by atoms with Crippen molar-refractivity contribution in [2.75, 3.05) is 37.0 Å². The van der Waals surface area contributed by atoms with E-state index in [0.29, 0.717) is 21.5 Å². The van der Waals surface area contributed by atoms with Crippen LogP contribution in [-0.4, -0.2) is 38.7 Å². The van der Waals surface area contributed by atoms with Crippen LogP contribution < -0.4 is 15.0 Å². The van der Waals surface area contributed by atoms with Gasteiger partial charge in [0.1, 0.15) is 5.75 Å². The van der Waals surface area contributed by atoms with Gasteiger partial charge in [-0.1, -0.05) is 0 Å². The van der Waals surface area contributed by atoms with E-state index in [-0.39, 0.29) is 6.61 Å². The van der Waals surface area contributed by atoms with Crippen molar-refractivity contribution in [1.29, 1.82) is 0 Å². The summed E-state index contributed by atoms with van der Waals surface area (Å²) in [4.78, 5) is 26.6. The Morgan fingerprint density at radius 1 is 1.11 bits per heavy atom. The van der Waals surface area contributed by atoms with Gasteiger partial charge in [-0.25, -0.2) is 4.79 Å². The molecule has 1 N–H and O–H groups in total. The molecule has 1 heterocycles. The average Bonchev–Trinajstić information content (AvgIpc) is 3.22. The molecule has 1 amide bonds. The van der Waals surface area contributed by atoms with Crippen molar-refractivity contribution in [3.8, 4) is 5.75 Å². The molecule has 1 saturated heterocycles. The number of rotatable bonds is 6. The molecule has 2 aromatic carbocycles. The number of ether oxygens (including phenoxy) is 2. The average molecular weight is 433 g/mol. The topological polar surface area (TPSA) is 67.9 Å². The zero-order chi connectivity index (χ0) is 19.2. The first kappa shape index (κ1) is 19.2. The van der Waals surface area contributed by atoms with Gasteiger partial charge in [-0.2, -0.15) is 0 Å². The van der Waals surface area contributed by atoms with Crippen LogP contribution in [0.25, 0.3) is 0 Å². The summed E-state index contributed by atoms with van der Waals surface area (Å²) in [6, 6.07) is 12.6. The molecule has 0 atom stereocenters. The van der Waals surface area contributed by atoms with E-state index in [2.05, 4.69) is 26.1 Å². The molecular formula is C20H21BrN2O4. The largest absolute Gasteiger partial charge is 0.497 e. The number of nitrogens with zero attached hydrogens (tertiary/aromatic N) is 1. The highest BCUT2D eigenvalue weighted by atomic mass is 79.9. The number of carbonyl (C=O) groups excluding carboxylic acids is 2. The third-order valence-electron chi connectivity index (χ3n) is 4.35. The lowest BCUT2D eigenvalue weighted by Crippen LogP contribution is -2.21. The second-order valence-corrected chi connectivity index (χ2v) is 7.07. The highest BCUT2D eigenvalue weighted by Gasteiger charge is 2.15. The molecule has 1 aliphatic heterocycles. The van der Waals surface area contributed by atoms with Gasteiger partial charge in [0, 0.05) is 28.9 Å². The Bertz CT molecular complexity index is 817. The first-order chi connectivity index (χ1) is 13.1. The predicted molar refractivity (Wildman–Crippen MR) is 107 cm³/mol. The molecule has 0 spiro atoms. The summed E-state index contributed by atoms with van der Waals surface area (Å²) in [6.07, 6.45) is 2.43. The Morgan fingerprint density at radius 2 is 1.81 bits per heavy atom. The SMILES string of the molecule is COc1ccc(Br)c(C(=O)OCC(=O)Nc2ccc(N3CCCC3)cc2)c1. The van der Waals surface area contributed by atoms with Crippen LogP contribution in [0.4, 0.5) is 11.4 Å². The smallest absolute Gasteiger partial charge is 0.339 e. The Hall–Kier alpha value is -2.54. The lowest BCUT2D eigenvalue weighted by Gasteiger charge is -2.17. The Morgan fingerprint density at radius 3 is 2.48 bits per heavy atom. The first-order valence-electron chi connectivity index (χ1n) is 8.72. The number of halogens is 1. The lowest BCUT2D eigenvalue weighted by molar-refractivity contribution is -0.119. The maximum Gasteiger partial charge on any atom is 0.339 e. The van der Waals surface area contributed by atoms with Gasteiger partial charge in [0.15, 0.2) is 6.61 Å². The van der Waals surface area contributed by atoms with Gasteiger partial charge >= 0.3 is 5.97 Å². The highest BCUT2D eigenvalue weighted by Crippen LogP contribution is 2.24. The summed E-state index contributed by atoms with van der Waals surface area (Å²) in [5.41, 5.74) is 2.12. The second-order valence-electron chi connectivity index (χ2n) is 6.21. The fourth-order valence-electron chi connectivity index (χ4n) is 2.92. The minimum Gasteiger partial charge on any atom is -0.497 e. The monoisotopic (exact) mass is 432 g/mol. The van der Waals surface area contributed by atoms with Crippen molar-refractivity contribution in [1.82, 2.24) is 0 Å². The number of nitrogens with one attached hydrogen (secondary N) is 1. The Kier molecular flexibility index (Phi) is 6.34. The Labute approximate surface area is 166 Å². The summed E-state index contributed by atoms with van der Waals surface area (Å²) in [5, 5.41) is 2.73. The van der Waals surface area contributed by atoms with Crippen LogP contribution in [0.2, 0.25) is 0 Å². The number of amides is 1. The minimum atomic E-state index is -0.597. The summed E-state index contributed by atoms with van der Waals surface area (Å²) in [5.74, 6) is -0.454. The second kappa shape index (κ2) is 8.90. The van der Waals surface area contributed by atoms with E-state index in [1.54, 1.807) is 18.2 Å². The van der Waals surface area contributed by atoms with Crippen molar-refractivity contribution in [3.63, 3.8) is 0 Å². The molecule has 0 aromatic heterocycles. The van der Waals surface area contributed by atoms with E-state index < -0.39 is 11.9 Å². The number of methoxy groups -OCH3 is 1. The quantitative estimate of drug-likeness (QED) is 0.701. The van der Waals surface area contributed by atoms with Gasteiger partial charge in [0.2, 0.25) is 0 Å². The third kappa shape index (κ3) is 5.01. The molecule has 0 radical (unpaired) electrons. The van der Waals surface area contributed by atoms with E-state index in [0.717, 1.165) is 18.8 Å². The number of esters is 1. The number of hydrogen-bond donors (Lipinski definition) is 1. The van der Waals surface area contributed by atoms with Gasteiger partial charge in [-0.15, -0.1) is 0 Å². The van der Waals surface area contributed by atoms with Gasteiger partial charge in [0.25, 0.3) is 5.91 Å². The first-order valence-corrected chi connectivity index (χ1v) is 9.51. The van der Waals surface area contributed by atoms with Crippen LogP contribution in [0.15, 0.2) is 46.9 Å². The van der Waals surface area contributed by atoms with Crippen LogP contribution in [0, 0.1) is 0 Å². The van der Waals surface area contributed by atoms with E-state index >= 15 is 0 Å². The van der Waals surface area contributed by atoms with Crippen molar-refractivity contribution in [3.05, 3.63) is 52.5 Å². The van der Waals surface area contributed by atoms with Crippen LogP contribution in [0.1, 0.15) is 23.2 Å². The van der Waals surface area contributed by atoms with Crippen molar-refractivity contribution in [2.24, 2.45) is 0 Å². The molecule has 142 valence electrons. The zero-order valence-corrected chi connectivity index (χ0v) is 16.6. The summed E-state index contributed by atoms with van der Waals surface area (Å²) < 4.78 is 10.8. The lowest BCUT2D eigenvalue weighted by atomic mass is 10.2. The van der Waals surface area contributed by atoms with Crippen LogP contribution >= 0.6 is 15.9 Å². The standard InChI is InChI=1S/C20H21BrN2O4/c1-26-16-8-9-18(21)17(12-16)20(25)27-13-19(24)22-14-4-6-15(7-5-14)23-10-2-3-11-23/h4-9,12H,2-3,10-11,13H2,1H3,(H,22,24). The van der Waals surface area contributed by atoms with Gasteiger partial charge in [0.05, 0.1) is 12.7 Å². The molecule has 6 nitrogen and oxygen atoms in total. The predicted octanol–water partition coefficient (Wildman–Crippen LogP) is 3.85. The summed E-state index contributed by atoms with van der Waals surface area (Å²) >= 11 is 3.29. The van der Waals surface area contributed by atoms with E-state index in [1.165, 1.54) is 20.0 Å². The summed E-state index contributed by atoms with van der Waals surface area (Å²) in [7, 11) is 1.51. The normalized spacial score (nSPS) is 13.3. The van der Waals surface area contributed by atoms with Crippen LogP contribution in [-0.2, 0) is 9.53 Å². The molecule has 1 aliphatic rings. The summed E-state index contributed by atoms with van der Waals surface area (Å²) in [6.45, 7) is 1.78. The van der Waals surface area contributed by atoms with E-state index in [1.807, 2.05) is 24.3 Å². The molecule has 0 saturated carbocycles. The highest BCUT2D eigenvalue weighted by molar-refractivity contribution is 9.10. The number of hydrogen-bond acceptors (Lipinski definition) is 5. The number of anilines is 2. The number of benzene rings is 2. The molecule has 27 heavy (non-hydrogen) atoms. The minimum absolute atomic E-state index is 0.303. The molecule has 1 fully saturated rings. The molecule has 0 aliphatic carbocycles. The van der Waals surface area contributed by atoms with Gasteiger partial charge < -0.3 is 19.7 Å². The van der Waals surface area contributed by atoms with E-state index in [4.69, 9.17) is 9.47 Å². The zero-order valence-electron chi connectivity index (χ0n) is 15.0. The van der Waals surface area contributed by atoms with Crippen molar-refractivity contribution < 1.29 is 19.1 Å². The van der Waals surface area contributed by atoms with Crippen molar-refractivity contribution in [2.45, 2.75) is 12.8 Å². The van der Waals surface area contributed by atoms with Crippen LogP contribution in [0.3, 0.4) is 0 Å². The van der Waals surface area contributed by atoms with E-state index in [9.17, 15) is 9.59 Å². The maximum atomic E-state index is 12.2. The van der Waals surface area contributed by atoms with Gasteiger partial charge in [-0.3, -0.25) is 4.79 Å². The Balaban J connectivity index is 1.52. The molecule has 7 heteroatoms. The van der Waals surface area contributed by atoms with Crippen molar-refractivity contribution >= 4 is 39.2 Å². The molecule has 3 rings (SSSR count).